The van der Waals surface area contributed by atoms with E-state index in [1.54, 1.807) is 0 Å². The molecule has 9 nitrogen and oxygen atoms in total. The van der Waals surface area contributed by atoms with Crippen molar-refractivity contribution in [2.75, 3.05) is 5.32 Å². The van der Waals surface area contributed by atoms with Crippen LogP contribution < -0.4 is 22.3 Å². The summed E-state index contributed by atoms with van der Waals surface area (Å²) in [5.41, 5.74) is 6.24. The number of aliphatic hydroxyl groups excluding tert-OH is 1. The molecule has 8 N–H and O–H groups in total. The fourth-order valence-electron chi connectivity index (χ4n) is 5.16. The van der Waals surface area contributed by atoms with Gasteiger partial charge in [0.15, 0.2) is 21.5 Å². The lowest BCUT2D eigenvalue weighted by Gasteiger charge is -2.60. The van der Waals surface area contributed by atoms with Crippen LogP contribution in [0.2, 0.25) is 5.02 Å². The molecule has 36 heavy (non-hydrogen) atoms. The molecule has 3 aliphatic rings. The summed E-state index contributed by atoms with van der Waals surface area (Å²) in [5.74, 6) is 1.15. The van der Waals surface area contributed by atoms with Crippen molar-refractivity contribution in [3.63, 3.8) is 0 Å². The van der Waals surface area contributed by atoms with Crippen LogP contribution in [0.3, 0.4) is 0 Å². The topological polar surface area (TPSA) is 168 Å². The third-order valence-electron chi connectivity index (χ3n) is 7.09. The number of hydrogen-bond donors (Lipinski definition) is 6. The van der Waals surface area contributed by atoms with E-state index in [-0.39, 0.29) is 39.7 Å². The van der Waals surface area contributed by atoms with Crippen LogP contribution in [0, 0.1) is 23.5 Å². The summed E-state index contributed by atoms with van der Waals surface area (Å²) < 4.78 is 53.6. The molecule has 2 bridgehead atoms. The van der Waals surface area contributed by atoms with Crippen molar-refractivity contribution in [2.24, 2.45) is 23.4 Å². The van der Waals surface area contributed by atoms with Crippen molar-refractivity contribution in [1.82, 2.24) is 5.43 Å². The average molecular weight is 543 g/mol. The Kier molecular flexibility index (Phi) is 7.01. The van der Waals surface area contributed by atoms with Gasteiger partial charge in [0.2, 0.25) is 0 Å². The number of anilines is 1. The molecule has 2 aromatic rings. The second-order valence-corrected chi connectivity index (χ2v) is 11.7. The van der Waals surface area contributed by atoms with Gasteiger partial charge in [0.05, 0.1) is 20.9 Å². The summed E-state index contributed by atoms with van der Waals surface area (Å²) in [6.07, 6.45) is 0.358. The number of sulfone groups is 1. The van der Waals surface area contributed by atoms with Crippen molar-refractivity contribution < 1.29 is 32.2 Å². The molecule has 194 valence electrons. The summed E-state index contributed by atoms with van der Waals surface area (Å²) >= 11 is 6.20. The van der Waals surface area contributed by atoms with Crippen LogP contribution in [0.1, 0.15) is 29.6 Å². The van der Waals surface area contributed by atoms with Crippen LogP contribution >= 0.6 is 11.6 Å². The Morgan fingerprint density at radius 1 is 1.14 bits per heavy atom. The molecule has 0 saturated heterocycles. The average Bonchev–Trinajstić information content (AvgIpc) is 2.85. The summed E-state index contributed by atoms with van der Waals surface area (Å²) in [6.45, 7) is 0. The fraction of sp³-hybridized carbons (Fsp3) is 0.348. The Balaban J connectivity index is 1.55. The minimum Gasteiger partial charge on any atom is -0.399 e. The van der Waals surface area contributed by atoms with Crippen LogP contribution in [0.5, 0.6) is 0 Å². The molecular weight excluding hydrogens is 518 g/mol. The largest absolute Gasteiger partial charge is 0.399 e. The number of amides is 1. The van der Waals surface area contributed by atoms with Gasteiger partial charge in [0.25, 0.3) is 5.91 Å². The third-order valence-corrected chi connectivity index (χ3v) is 9.75. The zero-order valence-electron chi connectivity index (χ0n) is 18.8. The highest BCUT2D eigenvalue weighted by Crippen LogP contribution is 2.57. The maximum atomic E-state index is 13.5. The van der Waals surface area contributed by atoms with Crippen molar-refractivity contribution in [1.29, 1.82) is 0 Å². The van der Waals surface area contributed by atoms with Crippen molar-refractivity contribution in [3.05, 3.63) is 70.5 Å². The predicted molar refractivity (Wildman–Crippen MR) is 128 cm³/mol. The smallest absolute Gasteiger partial charge is 0.255 e. The van der Waals surface area contributed by atoms with E-state index >= 15 is 0 Å². The van der Waals surface area contributed by atoms with Crippen molar-refractivity contribution in [2.45, 2.75) is 41.1 Å². The highest BCUT2D eigenvalue weighted by molar-refractivity contribution is 7.92. The van der Waals surface area contributed by atoms with E-state index in [0.717, 1.165) is 24.4 Å². The Labute approximate surface area is 211 Å². The Hall–Kier alpha value is -2.77. The fourth-order valence-corrected chi connectivity index (χ4v) is 7.56. The van der Waals surface area contributed by atoms with Gasteiger partial charge in [-0.2, -0.15) is 0 Å². The number of carbonyl (C=O) groups excluding carboxylic acids is 1. The van der Waals surface area contributed by atoms with E-state index in [1.165, 1.54) is 18.2 Å². The monoisotopic (exact) mass is 542 g/mol. The van der Waals surface area contributed by atoms with Crippen molar-refractivity contribution >= 4 is 33.0 Å². The number of carbonyl (C=O) groups is 1. The number of nitrogens with two attached hydrogens (primary N) is 2. The first-order valence-electron chi connectivity index (χ1n) is 11.0. The number of hydrogen-bond acceptors (Lipinski definition) is 8. The van der Waals surface area contributed by atoms with Gasteiger partial charge in [-0.25, -0.2) is 17.2 Å². The van der Waals surface area contributed by atoms with Gasteiger partial charge in [-0.1, -0.05) is 11.6 Å². The van der Waals surface area contributed by atoms with E-state index in [9.17, 15) is 32.2 Å². The molecule has 0 aliphatic heterocycles. The minimum absolute atomic E-state index is 0.0124. The molecule has 0 spiro atoms. The van der Waals surface area contributed by atoms with Crippen LogP contribution in [0.4, 0.5) is 14.5 Å². The minimum atomic E-state index is -4.04. The first kappa shape index (κ1) is 26.3. The molecule has 3 fully saturated rings. The van der Waals surface area contributed by atoms with E-state index in [4.69, 9.17) is 23.2 Å². The van der Waals surface area contributed by atoms with E-state index in [1.807, 2.05) is 0 Å². The van der Waals surface area contributed by atoms with E-state index in [0.29, 0.717) is 6.42 Å². The number of rotatable bonds is 7. The second kappa shape index (κ2) is 9.60. The van der Waals surface area contributed by atoms with Gasteiger partial charge in [0, 0.05) is 23.5 Å². The maximum absolute atomic E-state index is 13.5. The SMILES string of the molecule is NN/C=C(\N)C(O)[C@]1(O)C2CC1C[C@@H](S(=O)(=O)c1cc(C(=O)Nc3ccc(F)c(F)c3)ccc1Cl)C2. The highest BCUT2D eigenvalue weighted by atomic mass is 35.5. The lowest BCUT2D eigenvalue weighted by molar-refractivity contribution is -0.221. The van der Waals surface area contributed by atoms with Gasteiger partial charge in [-0.3, -0.25) is 10.6 Å². The molecule has 0 radical (unpaired) electrons. The number of aliphatic hydroxyl groups is 2. The summed E-state index contributed by atoms with van der Waals surface area (Å²) in [5, 5.41) is 23.0. The molecule has 3 unspecified atom stereocenters. The number of benzene rings is 2. The van der Waals surface area contributed by atoms with Crippen molar-refractivity contribution in [3.8, 4) is 0 Å². The number of halogens is 3. The molecule has 5 rings (SSSR count). The Morgan fingerprint density at radius 2 is 1.81 bits per heavy atom. The maximum Gasteiger partial charge on any atom is 0.255 e. The Morgan fingerprint density at radius 3 is 2.42 bits per heavy atom. The molecule has 13 heteroatoms. The molecule has 1 amide bonds. The van der Waals surface area contributed by atoms with Crippen LogP contribution in [0.15, 0.2) is 53.2 Å². The van der Waals surface area contributed by atoms with Gasteiger partial charge in [-0.05, 0) is 61.4 Å². The van der Waals surface area contributed by atoms with Gasteiger partial charge in [-0.15, -0.1) is 0 Å². The number of nitrogens with one attached hydrogen (secondary N) is 2. The first-order valence-corrected chi connectivity index (χ1v) is 12.9. The molecule has 2 aromatic carbocycles. The van der Waals surface area contributed by atoms with Gasteiger partial charge >= 0.3 is 0 Å². The molecular formula is C23H25ClF2N4O5S. The quantitative estimate of drug-likeness (QED) is 0.227. The van der Waals surface area contributed by atoms with Crippen LogP contribution in [0.25, 0.3) is 0 Å². The van der Waals surface area contributed by atoms with Gasteiger partial charge < -0.3 is 26.7 Å². The molecule has 0 aromatic heterocycles. The van der Waals surface area contributed by atoms with Gasteiger partial charge in [0.1, 0.15) is 11.7 Å². The lowest BCUT2D eigenvalue weighted by Crippen LogP contribution is -2.68. The zero-order valence-corrected chi connectivity index (χ0v) is 20.4. The molecule has 3 saturated carbocycles. The standard InChI is InChI=1S/C23H25ClF2N4O5S/c24-16-3-1-11(22(32)30-14-2-4-17(25)18(26)9-14)5-20(16)36(34,35)15-7-12-6-13(8-15)23(12,33)21(31)19(27)10-29-28/h1-5,9-10,12-13,15,21,29,31,33H,6-8,27-28H2,(H,30,32)/b19-10-/t12?,13?,15-,21?,23-. The number of fused-ring (bicyclic) bond motifs is 2. The van der Waals surface area contributed by atoms with Crippen LogP contribution in [-0.4, -0.2) is 41.5 Å². The summed E-state index contributed by atoms with van der Waals surface area (Å²) in [7, 11) is -4.04. The normalized spacial score (nSPS) is 26.6. The summed E-state index contributed by atoms with van der Waals surface area (Å²) in [6, 6.07) is 6.52. The molecule has 3 atom stereocenters. The molecule has 0 heterocycles. The second-order valence-electron chi connectivity index (χ2n) is 9.10. The van der Waals surface area contributed by atoms with Crippen LogP contribution in [-0.2, 0) is 9.84 Å². The summed E-state index contributed by atoms with van der Waals surface area (Å²) in [4.78, 5) is 12.4. The lowest BCUT2D eigenvalue weighted by atomic mass is 9.51. The highest BCUT2D eigenvalue weighted by Gasteiger charge is 2.63. The number of hydrazine groups is 1. The first-order chi connectivity index (χ1) is 16.9. The third kappa shape index (κ3) is 4.43. The zero-order chi connectivity index (χ0) is 26.4. The van der Waals surface area contributed by atoms with E-state index in [2.05, 4.69) is 10.7 Å². The predicted octanol–water partition coefficient (Wildman–Crippen LogP) is 1.80. The Bertz CT molecular complexity index is 1330. The van der Waals surface area contributed by atoms with E-state index < -0.39 is 56.2 Å². The molecule has 3 aliphatic carbocycles.